The van der Waals surface area contributed by atoms with Crippen LogP contribution >= 0.6 is 0 Å². The second-order valence-corrected chi connectivity index (χ2v) is 7.25. The summed E-state index contributed by atoms with van der Waals surface area (Å²) in [4.78, 5) is 24.7. The maximum Gasteiger partial charge on any atom is 0.227 e. The molecule has 4 heteroatoms. The van der Waals surface area contributed by atoms with Crippen molar-refractivity contribution >= 4 is 17.5 Å². The van der Waals surface area contributed by atoms with Gasteiger partial charge in [0.1, 0.15) is 0 Å². The van der Waals surface area contributed by atoms with E-state index in [1.807, 2.05) is 24.3 Å². The average Bonchev–Trinajstić information content (AvgIpc) is 3.17. The van der Waals surface area contributed by atoms with Gasteiger partial charge in [-0.25, -0.2) is 0 Å². The van der Waals surface area contributed by atoms with Crippen molar-refractivity contribution in [2.45, 2.75) is 57.4 Å². The highest BCUT2D eigenvalue weighted by Gasteiger charge is 2.29. The fourth-order valence-corrected chi connectivity index (χ4v) is 3.94. The summed E-state index contributed by atoms with van der Waals surface area (Å²) in [6, 6.07) is 7.58. The van der Waals surface area contributed by atoms with Gasteiger partial charge in [-0.2, -0.15) is 0 Å². The largest absolute Gasteiger partial charge is 0.353 e. The van der Waals surface area contributed by atoms with E-state index in [1.165, 1.54) is 12.8 Å². The number of rotatable bonds is 4. The van der Waals surface area contributed by atoms with E-state index in [0.717, 1.165) is 49.8 Å². The van der Waals surface area contributed by atoms with Gasteiger partial charge in [-0.3, -0.25) is 9.59 Å². The zero-order chi connectivity index (χ0) is 17.6. The molecule has 0 unspecified atom stereocenters. The van der Waals surface area contributed by atoms with Gasteiger partial charge in [0.05, 0.1) is 0 Å². The van der Waals surface area contributed by atoms with Crippen molar-refractivity contribution in [1.29, 1.82) is 0 Å². The Bertz CT molecular complexity index is 663. The smallest absolute Gasteiger partial charge is 0.227 e. The van der Waals surface area contributed by atoms with E-state index >= 15 is 0 Å². The first kappa shape index (κ1) is 17.5. The Hall–Kier alpha value is -2.28. The zero-order valence-corrected chi connectivity index (χ0v) is 14.6. The molecule has 0 atom stereocenters. The second-order valence-electron chi connectivity index (χ2n) is 7.25. The summed E-state index contributed by atoms with van der Waals surface area (Å²) < 4.78 is 0. The summed E-state index contributed by atoms with van der Waals surface area (Å²) >= 11 is 0. The Labute approximate surface area is 149 Å². The van der Waals surface area contributed by atoms with Crippen LogP contribution in [-0.2, 0) is 9.59 Å². The SMILES string of the molecule is C#Cc1cccc(NC(=O)C2CCC(NC(=O)C3CCCC3)CC2)c1. The van der Waals surface area contributed by atoms with E-state index in [2.05, 4.69) is 16.6 Å². The van der Waals surface area contributed by atoms with Crippen molar-refractivity contribution in [3.8, 4) is 12.3 Å². The molecule has 3 rings (SSSR count). The highest BCUT2D eigenvalue weighted by Crippen LogP contribution is 2.28. The molecule has 132 valence electrons. The molecule has 4 nitrogen and oxygen atoms in total. The molecule has 0 heterocycles. The van der Waals surface area contributed by atoms with Crippen LogP contribution in [-0.4, -0.2) is 17.9 Å². The number of amides is 2. The number of terminal acetylenes is 1. The average molecular weight is 338 g/mol. The van der Waals surface area contributed by atoms with Crippen molar-refractivity contribution in [1.82, 2.24) is 5.32 Å². The molecule has 1 aromatic rings. The molecule has 1 aromatic carbocycles. The summed E-state index contributed by atoms with van der Waals surface area (Å²) in [6.45, 7) is 0. The van der Waals surface area contributed by atoms with Gasteiger partial charge in [0.25, 0.3) is 0 Å². The van der Waals surface area contributed by atoms with Crippen molar-refractivity contribution in [3.63, 3.8) is 0 Å². The lowest BCUT2D eigenvalue weighted by Crippen LogP contribution is -2.41. The lowest BCUT2D eigenvalue weighted by Gasteiger charge is -2.29. The predicted octanol–water partition coefficient (Wildman–Crippen LogP) is 3.47. The van der Waals surface area contributed by atoms with Crippen LogP contribution in [0.1, 0.15) is 56.9 Å². The van der Waals surface area contributed by atoms with E-state index in [1.54, 1.807) is 0 Å². The van der Waals surface area contributed by atoms with Gasteiger partial charge in [-0.1, -0.05) is 24.8 Å². The summed E-state index contributed by atoms with van der Waals surface area (Å²) in [7, 11) is 0. The van der Waals surface area contributed by atoms with E-state index in [9.17, 15) is 9.59 Å². The molecular formula is C21H26N2O2. The number of carbonyl (C=O) groups excluding carboxylic acids is 2. The molecule has 25 heavy (non-hydrogen) atoms. The molecule has 0 aliphatic heterocycles. The number of anilines is 1. The van der Waals surface area contributed by atoms with E-state index in [4.69, 9.17) is 6.42 Å². The first-order valence-electron chi connectivity index (χ1n) is 9.33. The molecule has 0 bridgehead atoms. The predicted molar refractivity (Wildman–Crippen MR) is 98.9 cm³/mol. The fraction of sp³-hybridized carbons (Fsp3) is 0.524. The fourth-order valence-electron chi connectivity index (χ4n) is 3.94. The van der Waals surface area contributed by atoms with Crippen LogP contribution in [0, 0.1) is 24.2 Å². The first-order chi connectivity index (χ1) is 12.2. The maximum atomic E-state index is 12.5. The van der Waals surface area contributed by atoms with Gasteiger partial charge < -0.3 is 10.6 Å². The van der Waals surface area contributed by atoms with Crippen molar-refractivity contribution in [2.75, 3.05) is 5.32 Å². The summed E-state index contributed by atoms with van der Waals surface area (Å²) in [5.74, 6) is 3.07. The van der Waals surface area contributed by atoms with Crippen LogP contribution < -0.4 is 10.6 Å². The Morgan fingerprint density at radius 1 is 0.960 bits per heavy atom. The van der Waals surface area contributed by atoms with Crippen LogP contribution in [0.4, 0.5) is 5.69 Å². The second kappa shape index (κ2) is 8.20. The van der Waals surface area contributed by atoms with Crippen molar-refractivity contribution in [2.24, 2.45) is 11.8 Å². The van der Waals surface area contributed by atoms with Gasteiger partial charge in [0, 0.05) is 29.1 Å². The molecule has 2 fully saturated rings. The lowest BCUT2D eigenvalue weighted by atomic mass is 9.85. The van der Waals surface area contributed by atoms with Crippen molar-refractivity contribution < 1.29 is 9.59 Å². The Kier molecular flexibility index (Phi) is 5.75. The Morgan fingerprint density at radius 3 is 2.32 bits per heavy atom. The Balaban J connectivity index is 1.45. The topological polar surface area (TPSA) is 58.2 Å². The minimum atomic E-state index is 0.00845. The molecule has 2 aliphatic rings. The lowest BCUT2D eigenvalue weighted by molar-refractivity contribution is -0.125. The van der Waals surface area contributed by atoms with Gasteiger partial charge in [0.15, 0.2) is 0 Å². The Morgan fingerprint density at radius 2 is 1.64 bits per heavy atom. The van der Waals surface area contributed by atoms with E-state index in [0.29, 0.717) is 0 Å². The normalized spacial score (nSPS) is 23.6. The summed E-state index contributed by atoms with van der Waals surface area (Å²) in [5.41, 5.74) is 1.51. The minimum Gasteiger partial charge on any atom is -0.353 e. The third kappa shape index (κ3) is 4.63. The van der Waals surface area contributed by atoms with Crippen molar-refractivity contribution in [3.05, 3.63) is 29.8 Å². The molecule has 2 saturated carbocycles. The van der Waals surface area contributed by atoms with Gasteiger partial charge in [-0.15, -0.1) is 6.42 Å². The van der Waals surface area contributed by atoms with Crippen LogP contribution in [0.15, 0.2) is 24.3 Å². The molecule has 2 aliphatic carbocycles. The van der Waals surface area contributed by atoms with Gasteiger partial charge in [-0.05, 0) is 56.7 Å². The summed E-state index contributed by atoms with van der Waals surface area (Å²) in [6.07, 6.45) is 13.2. The standard InChI is InChI=1S/C21H26N2O2/c1-2-15-6-5-9-19(14-15)23-21(25)17-10-12-18(13-11-17)22-20(24)16-7-3-4-8-16/h1,5-6,9,14,16-18H,3-4,7-8,10-13H2,(H,22,24)(H,23,25). The van der Waals surface area contributed by atoms with E-state index < -0.39 is 0 Å². The molecule has 0 saturated heterocycles. The highest BCUT2D eigenvalue weighted by atomic mass is 16.2. The van der Waals surface area contributed by atoms with Gasteiger partial charge >= 0.3 is 0 Å². The third-order valence-electron chi connectivity index (χ3n) is 5.47. The number of benzene rings is 1. The van der Waals surface area contributed by atoms with Crippen LogP contribution in [0.2, 0.25) is 0 Å². The third-order valence-corrected chi connectivity index (χ3v) is 5.47. The monoisotopic (exact) mass is 338 g/mol. The number of hydrogen-bond acceptors (Lipinski definition) is 2. The number of hydrogen-bond donors (Lipinski definition) is 2. The molecular weight excluding hydrogens is 312 g/mol. The van der Waals surface area contributed by atoms with Crippen LogP contribution in [0.3, 0.4) is 0 Å². The highest BCUT2D eigenvalue weighted by molar-refractivity contribution is 5.92. The van der Waals surface area contributed by atoms with E-state index in [-0.39, 0.29) is 29.7 Å². The first-order valence-corrected chi connectivity index (χ1v) is 9.33. The minimum absolute atomic E-state index is 0.00845. The van der Waals surface area contributed by atoms with Crippen LogP contribution in [0.5, 0.6) is 0 Å². The quantitative estimate of drug-likeness (QED) is 0.826. The number of carbonyl (C=O) groups is 2. The molecule has 0 radical (unpaired) electrons. The molecule has 0 aromatic heterocycles. The molecule has 2 N–H and O–H groups in total. The summed E-state index contributed by atoms with van der Waals surface area (Å²) in [5, 5.41) is 6.16. The maximum absolute atomic E-state index is 12.5. The molecule has 0 spiro atoms. The zero-order valence-electron chi connectivity index (χ0n) is 14.6. The van der Waals surface area contributed by atoms with Gasteiger partial charge in [0.2, 0.25) is 11.8 Å². The molecule has 2 amide bonds. The van der Waals surface area contributed by atoms with Crippen LogP contribution in [0.25, 0.3) is 0 Å². The number of nitrogens with one attached hydrogen (secondary N) is 2.